The first kappa shape index (κ1) is 13.7. The van der Waals surface area contributed by atoms with Crippen molar-refractivity contribution in [3.05, 3.63) is 69.5 Å². The van der Waals surface area contributed by atoms with Crippen LogP contribution in [-0.4, -0.2) is 7.05 Å². The van der Waals surface area contributed by atoms with E-state index < -0.39 is 0 Å². The van der Waals surface area contributed by atoms with Crippen LogP contribution < -0.4 is 5.32 Å². The third-order valence-electron chi connectivity index (χ3n) is 3.46. The first-order chi connectivity index (χ1) is 9.72. The molecule has 1 unspecified atom stereocenters. The summed E-state index contributed by atoms with van der Waals surface area (Å²) in [6.07, 6.45) is 1.68. The highest BCUT2D eigenvalue weighted by molar-refractivity contribution is 9.10. The maximum absolute atomic E-state index is 6.28. The van der Waals surface area contributed by atoms with Gasteiger partial charge in [-0.15, -0.1) is 0 Å². The van der Waals surface area contributed by atoms with Crippen LogP contribution in [0.4, 0.5) is 0 Å². The second-order valence-electron chi connectivity index (χ2n) is 4.55. The summed E-state index contributed by atoms with van der Waals surface area (Å²) in [4.78, 5) is 0. The van der Waals surface area contributed by atoms with E-state index in [1.165, 1.54) is 5.56 Å². The summed E-state index contributed by atoms with van der Waals surface area (Å²) in [6, 6.07) is 14.2. The van der Waals surface area contributed by atoms with Crippen LogP contribution in [0.25, 0.3) is 10.8 Å². The van der Waals surface area contributed by atoms with Gasteiger partial charge in [-0.25, -0.2) is 0 Å². The van der Waals surface area contributed by atoms with Gasteiger partial charge in [0.2, 0.25) is 0 Å². The van der Waals surface area contributed by atoms with Gasteiger partial charge in [-0.2, -0.15) is 0 Å². The van der Waals surface area contributed by atoms with Gasteiger partial charge in [-0.3, -0.25) is 0 Å². The van der Waals surface area contributed by atoms with E-state index in [2.05, 4.69) is 33.4 Å². The number of halogens is 2. The molecule has 20 heavy (non-hydrogen) atoms. The van der Waals surface area contributed by atoms with Gasteiger partial charge in [0.15, 0.2) is 4.67 Å². The summed E-state index contributed by atoms with van der Waals surface area (Å²) in [5.41, 5.74) is 2.24. The van der Waals surface area contributed by atoms with Crippen molar-refractivity contribution in [3.63, 3.8) is 0 Å². The zero-order valence-corrected chi connectivity index (χ0v) is 13.2. The van der Waals surface area contributed by atoms with E-state index in [0.717, 1.165) is 26.0 Å². The number of furan rings is 1. The largest absolute Gasteiger partial charge is 0.457 e. The van der Waals surface area contributed by atoms with E-state index >= 15 is 0 Å². The fourth-order valence-corrected chi connectivity index (χ4v) is 3.22. The fraction of sp³-hybridized carbons (Fsp3) is 0.125. The van der Waals surface area contributed by atoms with Crippen LogP contribution in [0.2, 0.25) is 5.02 Å². The van der Waals surface area contributed by atoms with Crippen molar-refractivity contribution in [1.29, 1.82) is 0 Å². The van der Waals surface area contributed by atoms with E-state index in [4.69, 9.17) is 16.0 Å². The molecule has 0 bridgehead atoms. The van der Waals surface area contributed by atoms with Gasteiger partial charge in [0, 0.05) is 16.0 Å². The summed E-state index contributed by atoms with van der Waals surface area (Å²) in [5.74, 6) is 0. The lowest BCUT2D eigenvalue weighted by molar-refractivity contribution is 0.530. The summed E-state index contributed by atoms with van der Waals surface area (Å²) in [7, 11) is 1.94. The number of hydrogen-bond donors (Lipinski definition) is 1. The normalized spacial score (nSPS) is 12.8. The minimum Gasteiger partial charge on any atom is -0.457 e. The predicted molar refractivity (Wildman–Crippen MR) is 86.3 cm³/mol. The molecule has 3 aromatic rings. The summed E-state index contributed by atoms with van der Waals surface area (Å²) < 4.78 is 6.10. The maximum atomic E-state index is 6.28. The highest BCUT2D eigenvalue weighted by Gasteiger charge is 2.19. The molecular weight excluding hydrogens is 338 g/mol. The maximum Gasteiger partial charge on any atom is 0.174 e. The Bertz CT molecular complexity index is 753. The molecule has 1 aromatic heterocycles. The number of hydrogen-bond acceptors (Lipinski definition) is 2. The van der Waals surface area contributed by atoms with Gasteiger partial charge in [-0.05, 0) is 46.1 Å². The number of benzene rings is 2. The highest BCUT2D eigenvalue weighted by Crippen LogP contribution is 2.35. The van der Waals surface area contributed by atoms with Crippen molar-refractivity contribution >= 4 is 38.3 Å². The second-order valence-corrected chi connectivity index (χ2v) is 5.68. The summed E-state index contributed by atoms with van der Waals surface area (Å²) in [5, 5.41) is 6.32. The Balaban J connectivity index is 2.23. The number of fused-ring (bicyclic) bond motifs is 1. The topological polar surface area (TPSA) is 25.2 Å². The van der Waals surface area contributed by atoms with Crippen LogP contribution in [0.3, 0.4) is 0 Å². The van der Waals surface area contributed by atoms with E-state index in [0.29, 0.717) is 0 Å². The zero-order valence-electron chi connectivity index (χ0n) is 10.9. The zero-order chi connectivity index (χ0) is 14.1. The smallest absolute Gasteiger partial charge is 0.174 e. The lowest BCUT2D eigenvalue weighted by Crippen LogP contribution is -2.17. The number of rotatable bonds is 3. The second kappa shape index (κ2) is 5.60. The van der Waals surface area contributed by atoms with Crippen molar-refractivity contribution in [2.45, 2.75) is 6.04 Å². The molecule has 4 heteroatoms. The molecule has 1 heterocycles. The summed E-state index contributed by atoms with van der Waals surface area (Å²) >= 11 is 9.74. The van der Waals surface area contributed by atoms with E-state index in [1.54, 1.807) is 6.26 Å². The fourth-order valence-electron chi connectivity index (χ4n) is 2.53. The lowest BCUT2D eigenvalue weighted by Gasteiger charge is -2.18. The Morgan fingerprint density at radius 1 is 1.05 bits per heavy atom. The lowest BCUT2D eigenvalue weighted by atomic mass is 9.95. The van der Waals surface area contributed by atoms with Gasteiger partial charge in [0.05, 0.1) is 12.3 Å². The Hall–Kier alpha value is -1.29. The molecule has 3 rings (SSSR count). The number of nitrogens with one attached hydrogen (secondary N) is 1. The molecule has 0 fully saturated rings. The molecule has 1 N–H and O–H groups in total. The molecule has 0 amide bonds. The van der Waals surface area contributed by atoms with Crippen molar-refractivity contribution in [2.75, 3.05) is 7.05 Å². The monoisotopic (exact) mass is 349 g/mol. The van der Waals surface area contributed by atoms with E-state index in [-0.39, 0.29) is 6.04 Å². The van der Waals surface area contributed by atoms with Gasteiger partial charge in [0.25, 0.3) is 0 Å². The molecule has 2 nitrogen and oxygen atoms in total. The molecular formula is C16H13BrClNO. The Labute approximate surface area is 130 Å². The molecule has 0 aliphatic heterocycles. The third kappa shape index (κ3) is 2.26. The predicted octanol–water partition coefficient (Wildman–Crippen LogP) is 5.16. The molecule has 0 aliphatic rings. The Morgan fingerprint density at radius 3 is 2.45 bits per heavy atom. The minimum absolute atomic E-state index is 0.0466. The van der Waals surface area contributed by atoms with Crippen molar-refractivity contribution in [1.82, 2.24) is 5.32 Å². The molecule has 0 spiro atoms. The SMILES string of the molecule is CNC(c1ccoc1Br)c1ccc(Cl)c2ccccc12. The molecule has 0 saturated heterocycles. The van der Waals surface area contributed by atoms with Gasteiger partial charge in [-0.1, -0.05) is 41.9 Å². The molecule has 102 valence electrons. The first-order valence-electron chi connectivity index (χ1n) is 6.29. The summed E-state index contributed by atoms with van der Waals surface area (Å²) in [6.45, 7) is 0. The van der Waals surface area contributed by atoms with Crippen molar-refractivity contribution in [2.24, 2.45) is 0 Å². The van der Waals surface area contributed by atoms with Crippen molar-refractivity contribution in [3.8, 4) is 0 Å². The molecule has 0 radical (unpaired) electrons. The van der Waals surface area contributed by atoms with Crippen LogP contribution >= 0.6 is 27.5 Å². The van der Waals surface area contributed by atoms with Crippen molar-refractivity contribution < 1.29 is 4.42 Å². The third-order valence-corrected chi connectivity index (χ3v) is 4.44. The van der Waals surface area contributed by atoms with E-state index in [9.17, 15) is 0 Å². The standard InChI is InChI=1S/C16H13BrClNO/c1-19-15(13-8-9-20-16(13)17)12-6-7-14(18)11-5-3-2-4-10(11)12/h2-9,15,19H,1H3. The van der Waals surface area contributed by atoms with Gasteiger partial charge >= 0.3 is 0 Å². The van der Waals surface area contributed by atoms with Gasteiger partial charge < -0.3 is 9.73 Å². The van der Waals surface area contributed by atoms with Crippen LogP contribution in [0, 0.1) is 0 Å². The van der Waals surface area contributed by atoms with Crippen LogP contribution in [-0.2, 0) is 0 Å². The Kier molecular flexibility index (Phi) is 3.83. The quantitative estimate of drug-likeness (QED) is 0.706. The van der Waals surface area contributed by atoms with E-state index in [1.807, 2.05) is 37.4 Å². The molecule has 0 aliphatic carbocycles. The van der Waals surface area contributed by atoms with Gasteiger partial charge in [0.1, 0.15) is 0 Å². The van der Waals surface area contributed by atoms with Crippen LogP contribution in [0.15, 0.2) is 57.8 Å². The van der Waals surface area contributed by atoms with Crippen LogP contribution in [0.1, 0.15) is 17.2 Å². The Morgan fingerprint density at radius 2 is 1.80 bits per heavy atom. The average molecular weight is 351 g/mol. The first-order valence-corrected chi connectivity index (χ1v) is 7.46. The van der Waals surface area contributed by atoms with Crippen LogP contribution in [0.5, 0.6) is 0 Å². The molecule has 0 saturated carbocycles. The highest BCUT2D eigenvalue weighted by atomic mass is 79.9. The molecule has 2 aromatic carbocycles. The minimum atomic E-state index is 0.0466. The molecule has 1 atom stereocenters. The average Bonchev–Trinajstić information content (AvgIpc) is 2.89.